The van der Waals surface area contributed by atoms with Gasteiger partial charge in [0.15, 0.2) is 0 Å². The van der Waals surface area contributed by atoms with Crippen LogP contribution in [0.2, 0.25) is 0 Å². The van der Waals surface area contributed by atoms with Gasteiger partial charge in [0.2, 0.25) is 0 Å². The van der Waals surface area contributed by atoms with Crippen molar-refractivity contribution in [1.29, 1.82) is 0 Å². The molecule has 0 fully saturated rings. The Bertz CT molecular complexity index is 811. The third kappa shape index (κ3) is 2.62. The minimum absolute atomic E-state index is 0.0125. The van der Waals surface area contributed by atoms with Gasteiger partial charge in [-0.05, 0) is 31.0 Å². The van der Waals surface area contributed by atoms with Crippen LogP contribution in [0.5, 0.6) is 0 Å². The van der Waals surface area contributed by atoms with Crippen molar-refractivity contribution in [2.24, 2.45) is 0 Å². The van der Waals surface area contributed by atoms with E-state index in [1.807, 2.05) is 54.6 Å². The zero-order chi connectivity index (χ0) is 15.5. The first kappa shape index (κ1) is 14.4. The highest BCUT2D eigenvalue weighted by atomic mass is 16.1. The van der Waals surface area contributed by atoms with Crippen LogP contribution in [0.4, 0.5) is 0 Å². The Morgan fingerprint density at radius 2 is 1.68 bits per heavy atom. The second kappa shape index (κ2) is 6.06. The molecule has 0 saturated heterocycles. The van der Waals surface area contributed by atoms with Gasteiger partial charge >= 0.3 is 0 Å². The number of para-hydroxylation sites is 1. The largest absolute Gasteiger partial charge is 0.294 e. The number of aryl methyl sites for hydroxylation is 2. The minimum atomic E-state index is 0.0125. The molecule has 0 bridgehead atoms. The summed E-state index contributed by atoms with van der Waals surface area (Å²) in [6.07, 6.45) is 1.85. The Kier molecular flexibility index (Phi) is 3.96. The van der Waals surface area contributed by atoms with Gasteiger partial charge in [0, 0.05) is 5.69 Å². The van der Waals surface area contributed by atoms with Crippen LogP contribution in [0.25, 0.3) is 16.8 Å². The second-order valence-electron chi connectivity index (χ2n) is 5.56. The van der Waals surface area contributed by atoms with Crippen LogP contribution in [0, 0.1) is 6.92 Å². The molecule has 0 saturated carbocycles. The molecule has 0 aliphatic rings. The maximum absolute atomic E-state index is 12.9. The van der Waals surface area contributed by atoms with E-state index in [1.165, 1.54) is 5.56 Å². The third-order valence-corrected chi connectivity index (χ3v) is 3.82. The number of aromatic nitrogens is 2. The van der Waals surface area contributed by atoms with Crippen LogP contribution < -0.4 is 5.56 Å². The van der Waals surface area contributed by atoms with E-state index < -0.39 is 0 Å². The molecule has 0 radical (unpaired) electrons. The number of hydrogen-bond donors (Lipinski definition) is 1. The van der Waals surface area contributed by atoms with E-state index in [2.05, 4.69) is 18.9 Å². The predicted molar refractivity (Wildman–Crippen MR) is 90.6 cm³/mol. The Labute approximate surface area is 130 Å². The van der Waals surface area contributed by atoms with E-state index in [4.69, 9.17) is 0 Å². The Morgan fingerprint density at radius 1 is 1.00 bits per heavy atom. The van der Waals surface area contributed by atoms with Crippen molar-refractivity contribution in [3.05, 3.63) is 76.2 Å². The number of aromatic amines is 1. The van der Waals surface area contributed by atoms with Gasteiger partial charge in [-0.1, -0.05) is 61.4 Å². The quantitative estimate of drug-likeness (QED) is 0.772. The molecule has 3 heteroatoms. The summed E-state index contributed by atoms with van der Waals surface area (Å²) in [5.74, 6) is 0. The van der Waals surface area contributed by atoms with Gasteiger partial charge in [-0.3, -0.25) is 9.89 Å². The van der Waals surface area contributed by atoms with Gasteiger partial charge in [0.25, 0.3) is 5.56 Å². The predicted octanol–water partition coefficient (Wildman–Crippen LogP) is 4.09. The van der Waals surface area contributed by atoms with E-state index >= 15 is 0 Å². The molecule has 22 heavy (non-hydrogen) atoms. The molecule has 0 amide bonds. The fraction of sp³-hybridized carbons (Fsp3) is 0.211. The fourth-order valence-corrected chi connectivity index (χ4v) is 2.69. The molecule has 1 N–H and O–H groups in total. The summed E-state index contributed by atoms with van der Waals surface area (Å²) in [6.45, 7) is 4.17. The van der Waals surface area contributed by atoms with Gasteiger partial charge in [0.05, 0.1) is 11.3 Å². The normalized spacial score (nSPS) is 10.8. The molecule has 0 spiro atoms. The number of benzene rings is 2. The van der Waals surface area contributed by atoms with Crippen LogP contribution in [0.1, 0.15) is 24.6 Å². The number of nitrogens with one attached hydrogen (secondary N) is 1. The Balaban J connectivity index is 2.18. The smallest absolute Gasteiger partial charge is 0.279 e. The summed E-state index contributed by atoms with van der Waals surface area (Å²) in [7, 11) is 0. The van der Waals surface area contributed by atoms with Crippen molar-refractivity contribution in [3.63, 3.8) is 0 Å². The van der Waals surface area contributed by atoms with Gasteiger partial charge in [-0.15, -0.1) is 0 Å². The summed E-state index contributed by atoms with van der Waals surface area (Å²) in [6, 6.07) is 17.8. The summed E-state index contributed by atoms with van der Waals surface area (Å²) in [5.41, 5.74) is 4.83. The lowest BCUT2D eigenvalue weighted by molar-refractivity contribution is 0.793. The fourth-order valence-electron chi connectivity index (χ4n) is 2.69. The first-order valence-corrected chi connectivity index (χ1v) is 7.67. The minimum Gasteiger partial charge on any atom is -0.294 e. The molecule has 112 valence electrons. The molecule has 0 unspecified atom stereocenters. The summed E-state index contributed by atoms with van der Waals surface area (Å²) in [5, 5.41) is 3.28. The lowest BCUT2D eigenvalue weighted by Gasteiger charge is -2.01. The summed E-state index contributed by atoms with van der Waals surface area (Å²) >= 11 is 0. The number of hydrogen-bond acceptors (Lipinski definition) is 1. The van der Waals surface area contributed by atoms with Crippen LogP contribution in [-0.2, 0) is 6.42 Å². The van der Waals surface area contributed by atoms with Gasteiger partial charge in [-0.2, -0.15) is 0 Å². The average Bonchev–Trinajstić information content (AvgIpc) is 2.86. The zero-order valence-electron chi connectivity index (χ0n) is 13.0. The highest BCUT2D eigenvalue weighted by Crippen LogP contribution is 2.22. The SMILES string of the molecule is CCCc1[nH]n(-c2ccccc2)c(=O)c1-c1ccc(C)cc1. The maximum Gasteiger partial charge on any atom is 0.279 e. The molecule has 0 aliphatic carbocycles. The monoisotopic (exact) mass is 292 g/mol. The number of H-pyrrole nitrogens is 1. The third-order valence-electron chi connectivity index (χ3n) is 3.82. The maximum atomic E-state index is 12.9. The average molecular weight is 292 g/mol. The number of rotatable bonds is 4. The molecular formula is C19H20N2O. The molecule has 0 aliphatic heterocycles. The van der Waals surface area contributed by atoms with Gasteiger partial charge in [-0.25, -0.2) is 4.68 Å². The molecule has 1 aromatic heterocycles. The Hall–Kier alpha value is -2.55. The van der Waals surface area contributed by atoms with Crippen molar-refractivity contribution in [3.8, 4) is 16.8 Å². The first-order chi connectivity index (χ1) is 10.7. The molecule has 3 aromatic rings. The van der Waals surface area contributed by atoms with E-state index in [0.29, 0.717) is 0 Å². The first-order valence-electron chi connectivity index (χ1n) is 7.67. The highest BCUT2D eigenvalue weighted by molar-refractivity contribution is 5.66. The summed E-state index contributed by atoms with van der Waals surface area (Å²) < 4.78 is 1.64. The van der Waals surface area contributed by atoms with Crippen LogP contribution >= 0.6 is 0 Å². The molecule has 3 rings (SSSR count). The topological polar surface area (TPSA) is 37.8 Å². The highest BCUT2D eigenvalue weighted by Gasteiger charge is 2.16. The Morgan fingerprint density at radius 3 is 2.32 bits per heavy atom. The standard InChI is InChI=1S/C19H20N2O/c1-3-7-17-18(15-12-10-14(2)11-13-15)19(22)21(20-17)16-8-5-4-6-9-16/h4-6,8-13,20H,3,7H2,1-2H3. The van der Waals surface area contributed by atoms with Crippen molar-refractivity contribution >= 4 is 0 Å². The van der Waals surface area contributed by atoms with Crippen molar-refractivity contribution < 1.29 is 0 Å². The molecule has 3 nitrogen and oxygen atoms in total. The van der Waals surface area contributed by atoms with Crippen LogP contribution in [0.3, 0.4) is 0 Å². The van der Waals surface area contributed by atoms with Crippen LogP contribution in [-0.4, -0.2) is 9.78 Å². The van der Waals surface area contributed by atoms with Crippen molar-refractivity contribution in [2.45, 2.75) is 26.7 Å². The van der Waals surface area contributed by atoms with Gasteiger partial charge in [0.1, 0.15) is 0 Å². The molecule has 0 atom stereocenters. The van der Waals surface area contributed by atoms with E-state index in [9.17, 15) is 4.79 Å². The molecule has 2 aromatic carbocycles. The van der Waals surface area contributed by atoms with E-state index in [1.54, 1.807) is 4.68 Å². The zero-order valence-corrected chi connectivity index (χ0v) is 13.0. The van der Waals surface area contributed by atoms with Crippen molar-refractivity contribution in [2.75, 3.05) is 0 Å². The van der Waals surface area contributed by atoms with Crippen molar-refractivity contribution in [1.82, 2.24) is 9.78 Å². The summed E-state index contributed by atoms with van der Waals surface area (Å²) in [4.78, 5) is 12.9. The molecular weight excluding hydrogens is 272 g/mol. The second-order valence-corrected chi connectivity index (χ2v) is 5.56. The number of nitrogens with zero attached hydrogens (tertiary/aromatic N) is 1. The van der Waals surface area contributed by atoms with Crippen LogP contribution in [0.15, 0.2) is 59.4 Å². The molecule has 1 heterocycles. The van der Waals surface area contributed by atoms with E-state index in [0.717, 1.165) is 35.3 Å². The lowest BCUT2D eigenvalue weighted by Crippen LogP contribution is -2.15. The van der Waals surface area contributed by atoms with Gasteiger partial charge < -0.3 is 0 Å². The van der Waals surface area contributed by atoms with E-state index in [-0.39, 0.29) is 5.56 Å². The lowest BCUT2D eigenvalue weighted by atomic mass is 10.0.